The van der Waals surface area contributed by atoms with Crippen molar-refractivity contribution in [2.24, 2.45) is 0 Å². The van der Waals surface area contributed by atoms with Crippen molar-refractivity contribution in [1.29, 1.82) is 0 Å². The first-order valence-electron chi connectivity index (χ1n) is 7.28. The van der Waals surface area contributed by atoms with E-state index < -0.39 is 5.67 Å². The number of pyridine rings is 1. The predicted molar refractivity (Wildman–Crippen MR) is 78.1 cm³/mol. The van der Waals surface area contributed by atoms with Crippen LogP contribution in [0.2, 0.25) is 0 Å². The van der Waals surface area contributed by atoms with Gasteiger partial charge in [-0.1, -0.05) is 0 Å². The molecule has 3 aliphatic rings. The molecular formula is C15H17FN2O2S. The molecule has 0 bridgehead atoms. The Kier molecular flexibility index (Phi) is 2.93. The minimum absolute atomic E-state index is 0.0772. The molecule has 0 aromatic carbocycles. The van der Waals surface area contributed by atoms with Crippen molar-refractivity contribution < 1.29 is 13.9 Å². The smallest absolute Gasteiger partial charge is 0.260 e. The average Bonchev–Trinajstić information content (AvgIpc) is 3.06. The van der Waals surface area contributed by atoms with E-state index in [1.807, 2.05) is 23.9 Å². The highest BCUT2D eigenvalue weighted by molar-refractivity contribution is 8.01. The first-order chi connectivity index (χ1) is 10.1. The topological polar surface area (TPSA) is 42.4 Å². The van der Waals surface area contributed by atoms with Gasteiger partial charge in [0.1, 0.15) is 11.9 Å². The normalized spacial score (nSPS) is 28.2. The second kappa shape index (κ2) is 4.60. The van der Waals surface area contributed by atoms with Gasteiger partial charge in [0.15, 0.2) is 5.67 Å². The molecule has 6 heteroatoms. The van der Waals surface area contributed by atoms with Crippen LogP contribution in [0.1, 0.15) is 19.3 Å². The van der Waals surface area contributed by atoms with E-state index in [1.54, 1.807) is 17.3 Å². The second-order valence-corrected chi connectivity index (χ2v) is 7.74. The maximum absolute atomic E-state index is 13.8. The number of carbonyl (C=O) groups is 1. The zero-order chi connectivity index (χ0) is 14.5. The molecule has 1 aliphatic carbocycles. The number of halogens is 1. The molecule has 0 radical (unpaired) electrons. The maximum atomic E-state index is 13.8. The molecule has 1 aromatic heterocycles. The number of amides is 1. The molecule has 1 atom stereocenters. The summed E-state index contributed by atoms with van der Waals surface area (Å²) in [6.45, 7) is 1.32. The first kappa shape index (κ1) is 13.4. The summed E-state index contributed by atoms with van der Waals surface area (Å²) >= 11 is 1.85. The van der Waals surface area contributed by atoms with E-state index in [9.17, 15) is 9.18 Å². The van der Waals surface area contributed by atoms with Crippen molar-refractivity contribution >= 4 is 17.7 Å². The number of rotatable bonds is 3. The van der Waals surface area contributed by atoms with Crippen LogP contribution in [0.15, 0.2) is 24.5 Å². The van der Waals surface area contributed by atoms with Crippen LogP contribution < -0.4 is 4.74 Å². The molecule has 0 N–H and O–H groups in total. The molecule has 21 heavy (non-hydrogen) atoms. The van der Waals surface area contributed by atoms with Crippen molar-refractivity contribution in [2.45, 2.75) is 35.8 Å². The van der Waals surface area contributed by atoms with Gasteiger partial charge < -0.3 is 9.64 Å². The van der Waals surface area contributed by atoms with Crippen molar-refractivity contribution in [3.8, 4) is 5.75 Å². The largest absolute Gasteiger partial charge is 0.488 e. The zero-order valence-electron chi connectivity index (χ0n) is 11.6. The van der Waals surface area contributed by atoms with Gasteiger partial charge in [0.2, 0.25) is 0 Å². The van der Waals surface area contributed by atoms with Crippen molar-refractivity contribution in [2.75, 3.05) is 18.8 Å². The quantitative estimate of drug-likeness (QED) is 0.857. The first-order valence-corrected chi connectivity index (χ1v) is 8.26. The van der Waals surface area contributed by atoms with Crippen LogP contribution >= 0.6 is 11.8 Å². The van der Waals surface area contributed by atoms with E-state index in [0.717, 1.165) is 17.9 Å². The third-order valence-corrected chi connectivity index (χ3v) is 6.01. The minimum atomic E-state index is -1.53. The van der Waals surface area contributed by atoms with Gasteiger partial charge in [-0.25, -0.2) is 4.39 Å². The fourth-order valence-corrected chi connectivity index (χ4v) is 4.63. The lowest BCUT2D eigenvalue weighted by atomic mass is 9.92. The summed E-state index contributed by atoms with van der Waals surface area (Å²) < 4.78 is 19.8. The van der Waals surface area contributed by atoms with Crippen LogP contribution in [-0.2, 0) is 4.79 Å². The summed E-state index contributed by atoms with van der Waals surface area (Å²) in [6, 6.07) is 3.76. The summed E-state index contributed by atoms with van der Waals surface area (Å²) in [5.41, 5.74) is -1.53. The molecule has 1 spiro atoms. The summed E-state index contributed by atoms with van der Waals surface area (Å²) in [5, 5.41) is 0. The molecule has 1 saturated carbocycles. The molecule has 3 heterocycles. The van der Waals surface area contributed by atoms with Gasteiger partial charge in [-0.2, -0.15) is 0 Å². The van der Waals surface area contributed by atoms with Crippen LogP contribution in [0.5, 0.6) is 5.75 Å². The van der Waals surface area contributed by atoms with Crippen LogP contribution in [-0.4, -0.2) is 51.2 Å². The summed E-state index contributed by atoms with van der Waals surface area (Å²) in [7, 11) is 0. The number of nitrogens with zero attached hydrogens (tertiary/aromatic N) is 2. The van der Waals surface area contributed by atoms with E-state index in [1.165, 1.54) is 0 Å². The molecule has 4 rings (SSSR count). The van der Waals surface area contributed by atoms with Gasteiger partial charge in [0.05, 0.1) is 10.9 Å². The number of likely N-dealkylation sites (tertiary alicyclic amines) is 1. The molecule has 112 valence electrons. The molecule has 4 nitrogen and oxygen atoms in total. The minimum Gasteiger partial charge on any atom is -0.488 e. The van der Waals surface area contributed by atoms with Crippen LogP contribution in [0.3, 0.4) is 0 Å². The van der Waals surface area contributed by atoms with Crippen molar-refractivity contribution in [1.82, 2.24) is 9.88 Å². The lowest BCUT2D eigenvalue weighted by molar-refractivity contribution is -0.143. The molecule has 3 fully saturated rings. The van der Waals surface area contributed by atoms with Gasteiger partial charge in [0, 0.05) is 31.5 Å². The molecule has 1 amide bonds. The highest BCUT2D eigenvalue weighted by Gasteiger charge is 2.59. The highest BCUT2D eigenvalue weighted by Crippen LogP contribution is 2.49. The highest BCUT2D eigenvalue weighted by atomic mass is 32.2. The Morgan fingerprint density at radius 1 is 1.48 bits per heavy atom. The van der Waals surface area contributed by atoms with Gasteiger partial charge in [-0.15, -0.1) is 11.8 Å². The Hall–Kier alpha value is -1.30. The lowest BCUT2D eigenvalue weighted by Gasteiger charge is -2.47. The molecule has 2 aliphatic heterocycles. The van der Waals surface area contributed by atoms with Crippen LogP contribution in [0, 0.1) is 0 Å². The second-order valence-electron chi connectivity index (χ2n) is 6.25. The maximum Gasteiger partial charge on any atom is 0.260 e. The van der Waals surface area contributed by atoms with E-state index in [4.69, 9.17) is 4.74 Å². The SMILES string of the molecule is O=C(N1CC2(C[C@@H](Oc3cccnc3)CS2)C1)C1(F)CC1. The fraction of sp³-hybridized carbons (Fsp3) is 0.600. The summed E-state index contributed by atoms with van der Waals surface area (Å²) in [5.74, 6) is 1.40. The Bertz CT molecular complexity index is 558. The number of carbonyl (C=O) groups excluding carboxylic acids is 1. The van der Waals surface area contributed by atoms with Crippen LogP contribution in [0.4, 0.5) is 4.39 Å². The Balaban J connectivity index is 1.32. The number of ether oxygens (including phenoxy) is 1. The molecule has 0 unspecified atom stereocenters. The van der Waals surface area contributed by atoms with Gasteiger partial charge in [-0.3, -0.25) is 9.78 Å². The number of aromatic nitrogens is 1. The van der Waals surface area contributed by atoms with Gasteiger partial charge in [-0.05, 0) is 25.0 Å². The Labute approximate surface area is 127 Å². The third-order valence-electron chi connectivity index (χ3n) is 4.43. The van der Waals surface area contributed by atoms with E-state index in [0.29, 0.717) is 25.9 Å². The molecule has 1 aromatic rings. The van der Waals surface area contributed by atoms with Crippen molar-refractivity contribution in [3.63, 3.8) is 0 Å². The lowest BCUT2D eigenvalue weighted by Crippen LogP contribution is -2.62. The van der Waals surface area contributed by atoms with Gasteiger partial charge >= 0.3 is 0 Å². The van der Waals surface area contributed by atoms with Crippen LogP contribution in [0.25, 0.3) is 0 Å². The predicted octanol–water partition coefficient (Wildman–Crippen LogP) is 2.05. The Morgan fingerprint density at radius 3 is 2.95 bits per heavy atom. The number of hydrogen-bond donors (Lipinski definition) is 0. The third kappa shape index (κ3) is 2.39. The van der Waals surface area contributed by atoms with E-state index in [2.05, 4.69) is 4.98 Å². The fourth-order valence-electron chi connectivity index (χ4n) is 3.11. The van der Waals surface area contributed by atoms with Gasteiger partial charge in [0.25, 0.3) is 5.91 Å². The number of hydrogen-bond acceptors (Lipinski definition) is 4. The summed E-state index contributed by atoms with van der Waals surface area (Å²) in [4.78, 5) is 17.6. The zero-order valence-corrected chi connectivity index (χ0v) is 12.4. The molecular weight excluding hydrogens is 291 g/mol. The average molecular weight is 308 g/mol. The van der Waals surface area contributed by atoms with Crippen molar-refractivity contribution in [3.05, 3.63) is 24.5 Å². The Morgan fingerprint density at radius 2 is 2.29 bits per heavy atom. The van der Waals surface area contributed by atoms with E-state index in [-0.39, 0.29) is 16.8 Å². The standard InChI is InChI=1S/C15H17FN2O2S/c16-15(3-4-15)13(19)18-9-14(10-18)6-12(8-21-14)20-11-2-1-5-17-7-11/h1-2,5,7,12H,3-4,6,8-10H2/t12-/m1/s1. The summed E-state index contributed by atoms with van der Waals surface area (Å²) in [6.07, 6.45) is 5.29. The monoisotopic (exact) mass is 308 g/mol. The number of alkyl halides is 1. The van der Waals surface area contributed by atoms with E-state index >= 15 is 0 Å². The molecule has 2 saturated heterocycles. The number of thioether (sulfide) groups is 1.